The lowest BCUT2D eigenvalue weighted by atomic mass is 10.1. The van der Waals surface area contributed by atoms with Crippen LogP contribution in [0.4, 0.5) is 5.69 Å². The van der Waals surface area contributed by atoms with Crippen LogP contribution in [0.2, 0.25) is 0 Å². The first-order valence-electron chi connectivity index (χ1n) is 11.9. The number of hydrogen-bond acceptors (Lipinski definition) is 6. The van der Waals surface area contributed by atoms with Gasteiger partial charge in [-0.05, 0) is 37.1 Å². The second kappa shape index (κ2) is 13.7. The van der Waals surface area contributed by atoms with Gasteiger partial charge in [0.1, 0.15) is 17.0 Å². The predicted molar refractivity (Wildman–Crippen MR) is 140 cm³/mol. The van der Waals surface area contributed by atoms with Crippen molar-refractivity contribution in [3.63, 3.8) is 0 Å². The molecule has 192 valence electrons. The molecule has 35 heavy (non-hydrogen) atoms. The Labute approximate surface area is 209 Å². The monoisotopic (exact) mass is 503 g/mol. The number of carbonyl (C=O) groups excluding carboxylic acids is 1. The van der Waals surface area contributed by atoms with Gasteiger partial charge >= 0.3 is 5.97 Å². The average molecular weight is 504 g/mol. The maximum absolute atomic E-state index is 13.4. The molecule has 0 spiro atoms. The van der Waals surface area contributed by atoms with E-state index in [2.05, 4.69) is 23.1 Å². The number of methoxy groups -OCH3 is 1. The Morgan fingerprint density at radius 3 is 2.26 bits per heavy atom. The number of ether oxygens (including phenoxy) is 2. The van der Waals surface area contributed by atoms with E-state index in [1.807, 2.05) is 18.2 Å². The van der Waals surface area contributed by atoms with Crippen LogP contribution < -0.4 is 9.64 Å². The summed E-state index contributed by atoms with van der Waals surface area (Å²) in [5.41, 5.74) is 0.651. The normalized spacial score (nSPS) is 11.5. The molecule has 2 aromatic rings. The lowest BCUT2D eigenvalue weighted by Crippen LogP contribution is -2.27. The molecule has 0 amide bonds. The van der Waals surface area contributed by atoms with Crippen molar-refractivity contribution >= 4 is 28.0 Å². The van der Waals surface area contributed by atoms with Gasteiger partial charge in [-0.15, -0.1) is 4.40 Å². The summed E-state index contributed by atoms with van der Waals surface area (Å²) in [6.07, 6.45) is 6.09. The molecule has 0 radical (unpaired) electrons. The van der Waals surface area contributed by atoms with E-state index in [0.717, 1.165) is 32.1 Å². The van der Waals surface area contributed by atoms with Gasteiger partial charge in [-0.3, -0.25) is 0 Å². The standard InChI is InChI=1S/C26H37N3O5S/c1-6-8-13-17-29(16-9-7-2)23-18-21(26(30)33-5)19-24(35(31,32)27-20-28(3)4)25(23)34-22-14-11-10-12-15-22/h10-12,14-15,18-20H,6-9,13,16-17H2,1-5H3/b27-20+. The number of sulfonamides is 1. The number of para-hydroxylation sites is 1. The zero-order valence-electron chi connectivity index (χ0n) is 21.4. The molecule has 0 saturated heterocycles. The van der Waals surface area contributed by atoms with Crippen LogP contribution in [-0.4, -0.2) is 59.9 Å². The van der Waals surface area contributed by atoms with Crippen LogP contribution in [0.15, 0.2) is 51.8 Å². The molecule has 9 heteroatoms. The SMILES string of the molecule is CCCCCN(CCCC)c1cc(C(=O)OC)cc(S(=O)(=O)/N=C/N(C)C)c1Oc1ccccc1. The quantitative estimate of drug-likeness (QED) is 0.149. The number of unbranched alkanes of at least 4 members (excludes halogenated alkanes) is 3. The Hall–Kier alpha value is -3.07. The molecule has 8 nitrogen and oxygen atoms in total. The van der Waals surface area contributed by atoms with Gasteiger partial charge in [0.2, 0.25) is 0 Å². The average Bonchev–Trinajstić information content (AvgIpc) is 2.85. The third kappa shape index (κ3) is 8.28. The fraction of sp³-hybridized carbons (Fsp3) is 0.462. The van der Waals surface area contributed by atoms with Gasteiger partial charge in [-0.2, -0.15) is 8.42 Å². The van der Waals surface area contributed by atoms with Crippen molar-refractivity contribution in [1.29, 1.82) is 0 Å². The number of carbonyl (C=O) groups is 1. The third-order valence-corrected chi connectivity index (χ3v) is 6.50. The van der Waals surface area contributed by atoms with Gasteiger partial charge in [-0.25, -0.2) is 4.79 Å². The zero-order chi connectivity index (χ0) is 25.8. The molecular formula is C26H37N3O5S. The lowest BCUT2D eigenvalue weighted by molar-refractivity contribution is 0.0600. The molecule has 0 atom stereocenters. The van der Waals surface area contributed by atoms with E-state index in [1.54, 1.807) is 32.3 Å². The molecule has 0 bridgehead atoms. The van der Waals surface area contributed by atoms with E-state index >= 15 is 0 Å². The van der Waals surface area contributed by atoms with Gasteiger partial charge in [0.15, 0.2) is 5.75 Å². The maximum Gasteiger partial charge on any atom is 0.337 e. The Morgan fingerprint density at radius 2 is 1.66 bits per heavy atom. The molecule has 0 aliphatic rings. The fourth-order valence-electron chi connectivity index (χ4n) is 3.43. The Morgan fingerprint density at radius 1 is 1.00 bits per heavy atom. The lowest BCUT2D eigenvalue weighted by Gasteiger charge is -2.28. The number of hydrogen-bond donors (Lipinski definition) is 0. The summed E-state index contributed by atoms with van der Waals surface area (Å²) in [7, 11) is 0.420. The molecule has 0 N–H and O–H groups in total. The highest BCUT2D eigenvalue weighted by Gasteiger charge is 2.28. The zero-order valence-corrected chi connectivity index (χ0v) is 22.2. The first-order chi connectivity index (χ1) is 16.7. The molecule has 0 heterocycles. The van der Waals surface area contributed by atoms with Gasteiger partial charge in [-0.1, -0.05) is 51.3 Å². The molecule has 2 rings (SSSR count). The van der Waals surface area contributed by atoms with Crippen molar-refractivity contribution < 1.29 is 22.7 Å². The highest BCUT2D eigenvalue weighted by molar-refractivity contribution is 7.90. The molecule has 0 aromatic heterocycles. The number of nitrogens with zero attached hydrogens (tertiary/aromatic N) is 3. The van der Waals surface area contributed by atoms with Crippen LogP contribution in [0, 0.1) is 0 Å². The summed E-state index contributed by atoms with van der Waals surface area (Å²) < 4.78 is 41.7. The molecule has 0 aliphatic heterocycles. The summed E-state index contributed by atoms with van der Waals surface area (Å²) in [6, 6.07) is 11.9. The Balaban J connectivity index is 2.81. The van der Waals surface area contributed by atoms with Crippen molar-refractivity contribution in [3.05, 3.63) is 48.0 Å². The molecular weight excluding hydrogens is 466 g/mol. The van der Waals surface area contributed by atoms with Crippen molar-refractivity contribution in [2.45, 2.75) is 50.8 Å². The molecule has 0 aliphatic carbocycles. The first kappa shape index (κ1) is 28.2. The topological polar surface area (TPSA) is 88.5 Å². The second-order valence-corrected chi connectivity index (χ2v) is 10.0. The minimum atomic E-state index is -4.20. The van der Waals surface area contributed by atoms with E-state index in [-0.39, 0.29) is 16.2 Å². The number of rotatable bonds is 14. The summed E-state index contributed by atoms with van der Waals surface area (Å²) >= 11 is 0. The highest BCUT2D eigenvalue weighted by atomic mass is 32.2. The van der Waals surface area contributed by atoms with Crippen LogP contribution in [0.5, 0.6) is 11.5 Å². The smallest absolute Gasteiger partial charge is 0.337 e. The van der Waals surface area contributed by atoms with Crippen LogP contribution in [0.3, 0.4) is 0 Å². The first-order valence-corrected chi connectivity index (χ1v) is 13.4. The van der Waals surface area contributed by atoms with Crippen molar-refractivity contribution in [3.8, 4) is 11.5 Å². The number of esters is 1. The minimum Gasteiger partial charge on any atom is -0.465 e. The highest BCUT2D eigenvalue weighted by Crippen LogP contribution is 2.41. The maximum atomic E-state index is 13.4. The van der Waals surface area contributed by atoms with E-state index in [0.29, 0.717) is 24.5 Å². The predicted octanol–water partition coefficient (Wildman–Crippen LogP) is 5.34. The van der Waals surface area contributed by atoms with E-state index in [4.69, 9.17) is 9.47 Å². The van der Waals surface area contributed by atoms with E-state index in [1.165, 1.54) is 24.4 Å². The Kier molecular flexibility index (Phi) is 11.0. The van der Waals surface area contributed by atoms with Crippen LogP contribution in [-0.2, 0) is 14.8 Å². The van der Waals surface area contributed by atoms with Crippen LogP contribution >= 0.6 is 0 Å². The van der Waals surface area contributed by atoms with Crippen LogP contribution in [0.25, 0.3) is 0 Å². The number of anilines is 1. The molecule has 0 saturated carbocycles. The minimum absolute atomic E-state index is 0.124. The number of benzene rings is 2. The summed E-state index contributed by atoms with van der Waals surface area (Å²) in [5, 5.41) is 0. The van der Waals surface area contributed by atoms with Crippen molar-refractivity contribution in [1.82, 2.24) is 4.90 Å². The van der Waals surface area contributed by atoms with Crippen molar-refractivity contribution in [2.24, 2.45) is 4.40 Å². The van der Waals surface area contributed by atoms with Gasteiger partial charge in [0, 0.05) is 27.2 Å². The fourth-order valence-corrected chi connectivity index (χ4v) is 4.51. The van der Waals surface area contributed by atoms with Crippen LogP contribution in [0.1, 0.15) is 56.3 Å². The van der Waals surface area contributed by atoms with E-state index < -0.39 is 16.0 Å². The van der Waals surface area contributed by atoms with Crippen molar-refractivity contribution in [2.75, 3.05) is 39.2 Å². The van der Waals surface area contributed by atoms with Gasteiger partial charge in [0.05, 0.1) is 18.4 Å². The Bertz CT molecular complexity index is 1090. The largest absolute Gasteiger partial charge is 0.465 e. The second-order valence-electron chi connectivity index (χ2n) is 8.44. The van der Waals surface area contributed by atoms with Gasteiger partial charge in [0.25, 0.3) is 10.0 Å². The third-order valence-electron chi connectivity index (χ3n) is 5.27. The van der Waals surface area contributed by atoms with E-state index in [9.17, 15) is 13.2 Å². The molecule has 2 aromatic carbocycles. The summed E-state index contributed by atoms with van der Waals surface area (Å²) in [6.45, 7) is 5.62. The van der Waals surface area contributed by atoms with Gasteiger partial charge < -0.3 is 19.3 Å². The molecule has 0 unspecified atom stereocenters. The summed E-state index contributed by atoms with van der Waals surface area (Å²) in [5.74, 6) is -0.00137. The molecule has 0 fully saturated rings. The summed E-state index contributed by atoms with van der Waals surface area (Å²) in [4.78, 5) is 16.0.